The molecule has 0 saturated carbocycles. The van der Waals surface area contributed by atoms with Crippen molar-refractivity contribution in [3.63, 3.8) is 0 Å². The summed E-state index contributed by atoms with van der Waals surface area (Å²) in [6, 6.07) is 16.2. The third-order valence-corrected chi connectivity index (χ3v) is 4.73. The number of methoxy groups -OCH3 is 2. The molecule has 1 aliphatic carbocycles. The van der Waals surface area contributed by atoms with Crippen LogP contribution in [0.2, 0.25) is 0 Å². The van der Waals surface area contributed by atoms with Crippen molar-refractivity contribution in [2.45, 2.75) is 25.2 Å². The first-order valence-corrected chi connectivity index (χ1v) is 8.92. The minimum atomic E-state index is 0.193. The van der Waals surface area contributed by atoms with Crippen LogP contribution in [0.15, 0.2) is 60.3 Å². The third kappa shape index (κ3) is 4.45. The Bertz CT molecular complexity index is 783. The van der Waals surface area contributed by atoms with Gasteiger partial charge in [-0.25, -0.2) is 0 Å². The van der Waals surface area contributed by atoms with Crippen LogP contribution in [0.3, 0.4) is 0 Å². The van der Waals surface area contributed by atoms with E-state index in [0.29, 0.717) is 6.42 Å². The van der Waals surface area contributed by atoms with Gasteiger partial charge in [-0.1, -0.05) is 36.4 Å². The summed E-state index contributed by atoms with van der Waals surface area (Å²) in [6.07, 6.45) is 4.07. The van der Waals surface area contributed by atoms with Crippen LogP contribution in [0.25, 0.3) is 0 Å². The van der Waals surface area contributed by atoms with Crippen molar-refractivity contribution in [3.05, 3.63) is 71.4 Å². The Morgan fingerprint density at radius 2 is 1.77 bits per heavy atom. The van der Waals surface area contributed by atoms with E-state index in [1.54, 1.807) is 20.3 Å². The van der Waals surface area contributed by atoms with Crippen LogP contribution in [-0.4, -0.2) is 26.5 Å². The standard InChI is InChI=1S/C22H25NO3/c1-25-21-9-8-16(12-22(21)26-2)10-11-23-19-13-18(14-20(24)15-19)17-6-4-3-5-7-17/h3-9,12,15,18,23H,10-11,13-14H2,1-2H3/t18-/m0/s1. The van der Waals surface area contributed by atoms with Gasteiger partial charge in [0.1, 0.15) is 0 Å². The monoisotopic (exact) mass is 351 g/mol. The largest absolute Gasteiger partial charge is 0.493 e. The molecule has 1 atom stereocenters. The molecular formula is C22H25NO3. The summed E-state index contributed by atoms with van der Waals surface area (Å²) in [4.78, 5) is 12.1. The summed E-state index contributed by atoms with van der Waals surface area (Å²) in [7, 11) is 3.27. The number of benzene rings is 2. The fourth-order valence-corrected chi connectivity index (χ4v) is 3.38. The summed E-state index contributed by atoms with van der Waals surface area (Å²) in [5, 5.41) is 3.43. The van der Waals surface area contributed by atoms with Crippen molar-refractivity contribution in [2.24, 2.45) is 0 Å². The summed E-state index contributed by atoms with van der Waals surface area (Å²) in [5.41, 5.74) is 3.42. The van der Waals surface area contributed by atoms with Gasteiger partial charge in [0.2, 0.25) is 0 Å². The van der Waals surface area contributed by atoms with Crippen LogP contribution in [0.1, 0.15) is 29.9 Å². The normalized spacial score (nSPS) is 16.8. The predicted octanol–water partition coefficient (Wildman–Crippen LogP) is 3.87. The SMILES string of the molecule is COc1ccc(CCNC2=CC(=O)C[C@@H](c3ccccc3)C2)cc1OC. The van der Waals surface area contributed by atoms with E-state index in [0.717, 1.165) is 42.1 Å². The van der Waals surface area contributed by atoms with E-state index in [1.807, 2.05) is 36.4 Å². The van der Waals surface area contributed by atoms with Crippen LogP contribution >= 0.6 is 0 Å². The molecule has 26 heavy (non-hydrogen) atoms. The first-order chi connectivity index (χ1) is 12.7. The fourth-order valence-electron chi connectivity index (χ4n) is 3.38. The molecule has 0 radical (unpaired) electrons. The van der Waals surface area contributed by atoms with Gasteiger partial charge >= 0.3 is 0 Å². The molecule has 4 heteroatoms. The van der Waals surface area contributed by atoms with Gasteiger partial charge in [0.25, 0.3) is 0 Å². The molecular weight excluding hydrogens is 326 g/mol. The second kappa shape index (κ2) is 8.56. The van der Waals surface area contributed by atoms with Gasteiger partial charge in [0.15, 0.2) is 17.3 Å². The smallest absolute Gasteiger partial charge is 0.160 e. The fraction of sp³-hybridized carbons (Fsp3) is 0.318. The quantitative estimate of drug-likeness (QED) is 0.823. The number of nitrogens with one attached hydrogen (secondary N) is 1. The zero-order valence-electron chi connectivity index (χ0n) is 15.3. The lowest BCUT2D eigenvalue weighted by molar-refractivity contribution is -0.115. The van der Waals surface area contributed by atoms with Gasteiger partial charge in [0.05, 0.1) is 14.2 Å². The van der Waals surface area contributed by atoms with E-state index in [-0.39, 0.29) is 11.7 Å². The molecule has 0 aliphatic heterocycles. The minimum absolute atomic E-state index is 0.193. The molecule has 4 nitrogen and oxygen atoms in total. The Balaban J connectivity index is 1.58. The molecule has 2 aromatic rings. The number of allylic oxidation sites excluding steroid dienone is 2. The van der Waals surface area contributed by atoms with Gasteiger partial charge in [-0.05, 0) is 42.0 Å². The number of rotatable bonds is 7. The van der Waals surface area contributed by atoms with Crippen molar-refractivity contribution in [3.8, 4) is 11.5 Å². The van der Waals surface area contributed by atoms with Gasteiger partial charge in [0, 0.05) is 24.7 Å². The maximum atomic E-state index is 12.1. The number of carbonyl (C=O) groups excluding carboxylic acids is 1. The molecule has 1 aliphatic rings. The Labute approximate surface area is 154 Å². The lowest BCUT2D eigenvalue weighted by Crippen LogP contribution is -2.23. The molecule has 0 amide bonds. The van der Waals surface area contributed by atoms with Crippen LogP contribution in [0, 0.1) is 0 Å². The zero-order chi connectivity index (χ0) is 18.4. The highest BCUT2D eigenvalue weighted by molar-refractivity contribution is 5.91. The first-order valence-electron chi connectivity index (χ1n) is 8.92. The summed E-state index contributed by atoms with van der Waals surface area (Å²) < 4.78 is 10.6. The van der Waals surface area contributed by atoms with Crippen molar-refractivity contribution in [2.75, 3.05) is 20.8 Å². The summed E-state index contributed by atoms with van der Waals surface area (Å²) in [5.74, 6) is 1.92. The molecule has 3 rings (SSSR count). The molecule has 0 fully saturated rings. The topological polar surface area (TPSA) is 47.6 Å². The highest BCUT2D eigenvalue weighted by atomic mass is 16.5. The highest BCUT2D eigenvalue weighted by Crippen LogP contribution is 2.30. The molecule has 2 aromatic carbocycles. The van der Waals surface area contributed by atoms with Crippen molar-refractivity contribution >= 4 is 5.78 Å². The molecule has 0 heterocycles. The van der Waals surface area contributed by atoms with Crippen molar-refractivity contribution in [1.82, 2.24) is 5.32 Å². The molecule has 0 saturated heterocycles. The Kier molecular flexibility index (Phi) is 5.95. The maximum Gasteiger partial charge on any atom is 0.160 e. The highest BCUT2D eigenvalue weighted by Gasteiger charge is 2.21. The summed E-state index contributed by atoms with van der Waals surface area (Å²) in [6.45, 7) is 0.774. The molecule has 0 spiro atoms. The Morgan fingerprint density at radius 1 is 1.00 bits per heavy atom. The Hall–Kier alpha value is -2.75. The van der Waals surface area contributed by atoms with Crippen molar-refractivity contribution in [1.29, 1.82) is 0 Å². The second-order valence-electron chi connectivity index (χ2n) is 6.52. The number of ketones is 1. The van der Waals surface area contributed by atoms with Gasteiger partial charge in [-0.15, -0.1) is 0 Å². The van der Waals surface area contributed by atoms with Gasteiger partial charge in [-0.3, -0.25) is 4.79 Å². The second-order valence-corrected chi connectivity index (χ2v) is 6.52. The number of ether oxygens (including phenoxy) is 2. The lowest BCUT2D eigenvalue weighted by atomic mass is 9.85. The van der Waals surface area contributed by atoms with Crippen LogP contribution in [0.4, 0.5) is 0 Å². The van der Waals surface area contributed by atoms with E-state index < -0.39 is 0 Å². The lowest BCUT2D eigenvalue weighted by Gasteiger charge is -2.23. The molecule has 0 aromatic heterocycles. The molecule has 0 bridgehead atoms. The average Bonchev–Trinajstić information content (AvgIpc) is 2.68. The number of hydrogen-bond donors (Lipinski definition) is 1. The first kappa shape index (κ1) is 18.1. The third-order valence-electron chi connectivity index (χ3n) is 4.73. The predicted molar refractivity (Wildman–Crippen MR) is 103 cm³/mol. The molecule has 1 N–H and O–H groups in total. The minimum Gasteiger partial charge on any atom is -0.493 e. The van der Waals surface area contributed by atoms with Gasteiger partial charge in [-0.2, -0.15) is 0 Å². The van der Waals surface area contributed by atoms with Crippen LogP contribution in [-0.2, 0) is 11.2 Å². The zero-order valence-corrected chi connectivity index (χ0v) is 15.3. The summed E-state index contributed by atoms with van der Waals surface area (Å²) >= 11 is 0. The number of hydrogen-bond acceptors (Lipinski definition) is 4. The molecule has 0 unspecified atom stereocenters. The van der Waals surface area contributed by atoms with E-state index in [9.17, 15) is 4.79 Å². The van der Waals surface area contributed by atoms with Gasteiger partial charge < -0.3 is 14.8 Å². The molecule has 136 valence electrons. The van der Waals surface area contributed by atoms with E-state index in [1.165, 1.54) is 5.56 Å². The number of carbonyl (C=O) groups is 1. The van der Waals surface area contributed by atoms with Crippen molar-refractivity contribution < 1.29 is 14.3 Å². The maximum absolute atomic E-state index is 12.1. The van der Waals surface area contributed by atoms with Crippen LogP contribution < -0.4 is 14.8 Å². The van der Waals surface area contributed by atoms with Crippen LogP contribution in [0.5, 0.6) is 11.5 Å². The Morgan fingerprint density at radius 3 is 2.50 bits per heavy atom. The average molecular weight is 351 g/mol. The van der Waals surface area contributed by atoms with E-state index in [4.69, 9.17) is 9.47 Å². The van der Waals surface area contributed by atoms with E-state index in [2.05, 4.69) is 17.4 Å². The van der Waals surface area contributed by atoms with E-state index >= 15 is 0 Å².